The third kappa shape index (κ3) is 2.57. The fourth-order valence-corrected chi connectivity index (χ4v) is 4.26. The van der Waals surface area contributed by atoms with E-state index in [1.54, 1.807) is 0 Å². The summed E-state index contributed by atoms with van der Waals surface area (Å²) in [5.74, 6) is 1.46. The van der Waals surface area contributed by atoms with Crippen molar-refractivity contribution in [1.29, 1.82) is 0 Å². The van der Waals surface area contributed by atoms with E-state index in [0.29, 0.717) is 6.61 Å². The molecule has 0 aromatic heterocycles. The first-order chi connectivity index (χ1) is 11.7. The molecule has 0 amide bonds. The Kier molecular flexibility index (Phi) is 3.78. The highest BCUT2D eigenvalue weighted by molar-refractivity contribution is 5.39. The van der Waals surface area contributed by atoms with Crippen LogP contribution in [-0.4, -0.2) is 5.66 Å². The topological polar surface area (TPSA) is 39.6 Å². The van der Waals surface area contributed by atoms with Crippen molar-refractivity contribution in [2.45, 2.75) is 38.0 Å². The van der Waals surface area contributed by atoms with E-state index in [1.165, 1.54) is 16.7 Å². The summed E-state index contributed by atoms with van der Waals surface area (Å²) in [6.45, 7) is 8.16. The highest BCUT2D eigenvalue weighted by atomic mass is 16.5. The second-order valence-corrected chi connectivity index (χ2v) is 7.08. The number of nitrogens with two attached hydrogens (primary N) is 1. The van der Waals surface area contributed by atoms with Gasteiger partial charge in [-0.15, -0.1) is 0 Å². The van der Waals surface area contributed by atoms with Crippen LogP contribution in [0, 0.1) is 18.4 Å². The Labute approximate surface area is 143 Å². The van der Waals surface area contributed by atoms with Crippen molar-refractivity contribution in [2.24, 2.45) is 17.6 Å². The van der Waals surface area contributed by atoms with Crippen LogP contribution in [0.15, 0.2) is 48.5 Å². The minimum atomic E-state index is -0.677. The zero-order valence-corrected chi connectivity index (χ0v) is 13.7. The number of hydrogen-bond acceptors (Lipinski definition) is 2. The van der Waals surface area contributed by atoms with E-state index in [4.69, 9.17) is 17.0 Å². The lowest BCUT2D eigenvalue weighted by atomic mass is 9.89. The first-order valence-corrected chi connectivity index (χ1v) is 8.65. The molecule has 2 aliphatic carbocycles. The summed E-state index contributed by atoms with van der Waals surface area (Å²) >= 11 is 0. The van der Waals surface area contributed by atoms with E-state index in [1.807, 2.05) is 18.2 Å². The number of nitrogens with zero attached hydrogens (tertiary/aromatic N) is 1. The summed E-state index contributed by atoms with van der Waals surface area (Å²) in [6, 6.07) is 16.6. The molecule has 3 atom stereocenters. The Morgan fingerprint density at radius 1 is 1.04 bits per heavy atom. The quantitative estimate of drug-likeness (QED) is 0.870. The molecule has 2 aromatic carbocycles. The lowest BCUT2D eigenvalue weighted by Crippen LogP contribution is -2.46. The van der Waals surface area contributed by atoms with Crippen molar-refractivity contribution in [3.8, 4) is 5.75 Å². The van der Waals surface area contributed by atoms with Crippen LogP contribution in [0.4, 0.5) is 0 Å². The minimum Gasteiger partial charge on any atom is -0.489 e. The van der Waals surface area contributed by atoms with Crippen LogP contribution < -0.4 is 10.5 Å². The van der Waals surface area contributed by atoms with Crippen LogP contribution in [-0.2, 0) is 19.4 Å². The zero-order valence-electron chi connectivity index (χ0n) is 13.7. The summed E-state index contributed by atoms with van der Waals surface area (Å²) < 4.78 is 5.97. The standard InChI is InChI=1S/C21H22N2O/c1-23-21(22)18-8-9-19(21)12-17-13-20(10-7-16(17)11-18)24-14-15-5-3-2-4-6-15/h2-7,10,13,18-19H,8-9,11-12,14,22H2. The minimum absolute atomic E-state index is 0.269. The Bertz CT molecular complexity index is 780. The molecule has 122 valence electrons. The first kappa shape index (κ1) is 15.2. The summed E-state index contributed by atoms with van der Waals surface area (Å²) in [5.41, 5.74) is 9.62. The molecule has 1 fully saturated rings. The average Bonchev–Trinajstić information content (AvgIpc) is 2.84. The number of rotatable bonds is 3. The molecule has 2 aliphatic rings. The Morgan fingerprint density at radius 2 is 1.75 bits per heavy atom. The second kappa shape index (κ2) is 5.96. The van der Waals surface area contributed by atoms with Crippen molar-refractivity contribution < 1.29 is 4.74 Å². The first-order valence-electron chi connectivity index (χ1n) is 8.65. The van der Waals surface area contributed by atoms with Gasteiger partial charge < -0.3 is 4.74 Å². The van der Waals surface area contributed by atoms with Gasteiger partial charge in [0.05, 0.1) is 11.8 Å². The van der Waals surface area contributed by atoms with Crippen LogP contribution in [0.1, 0.15) is 29.5 Å². The Balaban J connectivity index is 1.55. The monoisotopic (exact) mass is 318 g/mol. The number of benzene rings is 2. The van der Waals surface area contributed by atoms with Gasteiger partial charge in [-0.2, -0.15) is 0 Å². The second-order valence-electron chi connectivity index (χ2n) is 7.08. The fraction of sp³-hybridized carbons (Fsp3) is 0.381. The smallest absolute Gasteiger partial charge is 0.289 e. The van der Waals surface area contributed by atoms with Crippen LogP contribution in [0.3, 0.4) is 0 Å². The van der Waals surface area contributed by atoms with Crippen molar-refractivity contribution >= 4 is 0 Å². The summed E-state index contributed by atoms with van der Waals surface area (Å²) in [7, 11) is 0. The number of fused-ring (bicyclic) bond motifs is 3. The normalized spacial score (nSPS) is 27.8. The third-order valence-electron chi connectivity index (χ3n) is 5.72. The van der Waals surface area contributed by atoms with E-state index in [0.717, 1.165) is 31.4 Å². The molecule has 24 heavy (non-hydrogen) atoms. The maximum atomic E-state index is 7.58. The molecule has 3 nitrogen and oxygen atoms in total. The molecular weight excluding hydrogens is 296 g/mol. The SMILES string of the molecule is [C-]#[N+]C1(N)C2CCC1Cc1cc(OCc3ccccc3)ccc1C2. The molecule has 4 rings (SSSR count). The van der Waals surface area contributed by atoms with Crippen LogP contribution in [0.2, 0.25) is 0 Å². The zero-order chi connectivity index (χ0) is 16.6. The van der Waals surface area contributed by atoms with Crippen molar-refractivity contribution in [3.63, 3.8) is 0 Å². The molecule has 0 radical (unpaired) electrons. The average molecular weight is 318 g/mol. The molecule has 2 N–H and O–H groups in total. The van der Waals surface area contributed by atoms with Crippen LogP contribution in [0.5, 0.6) is 5.75 Å². The van der Waals surface area contributed by atoms with Gasteiger partial charge in [-0.25, -0.2) is 6.57 Å². The van der Waals surface area contributed by atoms with E-state index in [-0.39, 0.29) is 11.8 Å². The Morgan fingerprint density at radius 3 is 2.46 bits per heavy atom. The van der Waals surface area contributed by atoms with E-state index >= 15 is 0 Å². The van der Waals surface area contributed by atoms with Crippen LogP contribution >= 0.6 is 0 Å². The van der Waals surface area contributed by atoms with Crippen molar-refractivity contribution in [2.75, 3.05) is 0 Å². The molecule has 0 aliphatic heterocycles. The fourth-order valence-electron chi connectivity index (χ4n) is 4.26. The summed E-state index contributed by atoms with van der Waals surface area (Å²) in [5, 5.41) is 0. The maximum absolute atomic E-state index is 7.58. The predicted molar refractivity (Wildman–Crippen MR) is 94.4 cm³/mol. The highest BCUT2D eigenvalue weighted by Gasteiger charge is 2.55. The van der Waals surface area contributed by atoms with E-state index < -0.39 is 5.66 Å². The van der Waals surface area contributed by atoms with Gasteiger partial charge in [0.2, 0.25) is 0 Å². The van der Waals surface area contributed by atoms with Crippen LogP contribution in [0.25, 0.3) is 4.85 Å². The summed E-state index contributed by atoms with van der Waals surface area (Å²) in [6.07, 6.45) is 3.96. The molecule has 0 heterocycles. The molecule has 2 aromatic rings. The van der Waals surface area contributed by atoms with Gasteiger partial charge in [0.1, 0.15) is 12.4 Å². The predicted octanol–water partition coefficient (Wildman–Crippen LogP) is 3.96. The maximum Gasteiger partial charge on any atom is 0.289 e. The molecule has 3 unspecified atom stereocenters. The number of ether oxygens (including phenoxy) is 1. The molecule has 0 spiro atoms. The van der Waals surface area contributed by atoms with Crippen molar-refractivity contribution in [1.82, 2.24) is 0 Å². The molecule has 2 bridgehead atoms. The van der Waals surface area contributed by atoms with E-state index in [2.05, 4.69) is 35.2 Å². The van der Waals surface area contributed by atoms with Gasteiger partial charge in [-0.1, -0.05) is 36.4 Å². The van der Waals surface area contributed by atoms with Gasteiger partial charge in [0, 0.05) is 0 Å². The third-order valence-corrected chi connectivity index (χ3v) is 5.72. The van der Waals surface area contributed by atoms with Gasteiger partial charge in [0.15, 0.2) is 0 Å². The Hall–Kier alpha value is -2.31. The molecule has 1 saturated carbocycles. The number of hydrogen-bond donors (Lipinski definition) is 1. The van der Waals surface area contributed by atoms with Crippen molar-refractivity contribution in [3.05, 3.63) is 76.6 Å². The van der Waals surface area contributed by atoms with Gasteiger partial charge in [0.25, 0.3) is 5.66 Å². The lowest BCUT2D eigenvalue weighted by molar-refractivity contribution is 0.305. The lowest BCUT2D eigenvalue weighted by Gasteiger charge is -2.21. The van der Waals surface area contributed by atoms with Gasteiger partial charge >= 0.3 is 0 Å². The van der Waals surface area contributed by atoms with E-state index in [9.17, 15) is 0 Å². The molecule has 3 heteroatoms. The molecule has 0 saturated heterocycles. The summed E-state index contributed by atoms with van der Waals surface area (Å²) in [4.78, 5) is 3.84. The van der Waals surface area contributed by atoms with Gasteiger partial charge in [-0.3, -0.25) is 10.6 Å². The van der Waals surface area contributed by atoms with Gasteiger partial charge in [-0.05, 0) is 54.5 Å². The largest absolute Gasteiger partial charge is 0.489 e. The highest BCUT2D eigenvalue weighted by Crippen LogP contribution is 2.47. The molecular formula is C21H22N2O.